The molecule has 2 rings (SSSR count). The van der Waals surface area contributed by atoms with Crippen molar-refractivity contribution in [3.8, 4) is 0 Å². The number of methoxy groups -OCH3 is 1. The lowest BCUT2D eigenvalue weighted by atomic mass is 9.91. The van der Waals surface area contributed by atoms with Crippen LogP contribution in [0.2, 0.25) is 0 Å². The van der Waals surface area contributed by atoms with Gasteiger partial charge in [-0.2, -0.15) is 0 Å². The number of allylic oxidation sites excluding steroid dienone is 2. The molecule has 0 aromatic heterocycles. The van der Waals surface area contributed by atoms with Gasteiger partial charge >= 0.3 is 0 Å². The van der Waals surface area contributed by atoms with Gasteiger partial charge in [0.1, 0.15) is 5.53 Å². The second-order valence-corrected chi connectivity index (χ2v) is 3.29. The van der Waals surface area contributed by atoms with Gasteiger partial charge in [-0.1, -0.05) is 24.3 Å². The number of nitrogens with zero attached hydrogens (tertiary/aromatic N) is 2. The first-order valence-electron chi connectivity index (χ1n) is 4.75. The minimum Gasteiger partial charge on any atom is -0.490 e. The molecule has 0 aliphatic heterocycles. The van der Waals surface area contributed by atoms with Crippen LogP contribution in [0.4, 0.5) is 0 Å². The minimum absolute atomic E-state index is 0.176. The Hall–Kier alpha value is -2.59. The molecule has 0 spiro atoms. The first-order chi connectivity index (χ1) is 8.20. The maximum atomic E-state index is 12.0. The molecule has 6 nitrogen and oxygen atoms in total. The number of carbonyl (C=O) groups is 2. The van der Waals surface area contributed by atoms with Gasteiger partial charge in [-0.25, -0.2) is 0 Å². The standard InChI is InChI=1S/C11H8N3O3/c1-17-11-8(13-14-12)9(15)6-4-2-3-5-7(6)10(11)16/h2-5,12H,1H3/q+1. The van der Waals surface area contributed by atoms with Gasteiger partial charge in [-0.3, -0.25) is 9.59 Å². The van der Waals surface area contributed by atoms with Crippen LogP contribution in [0.3, 0.4) is 0 Å². The average molecular weight is 230 g/mol. The molecule has 6 heteroatoms. The summed E-state index contributed by atoms with van der Waals surface area (Å²) in [5.41, 5.74) is 6.95. The monoisotopic (exact) mass is 230 g/mol. The number of ketones is 2. The Labute approximate surface area is 96.1 Å². The molecule has 0 amide bonds. The highest BCUT2D eigenvalue weighted by Crippen LogP contribution is 2.26. The van der Waals surface area contributed by atoms with Crippen LogP contribution in [0.5, 0.6) is 0 Å². The van der Waals surface area contributed by atoms with E-state index < -0.39 is 11.6 Å². The topological polar surface area (TPSA) is 93.7 Å². The molecule has 1 aromatic carbocycles. The largest absolute Gasteiger partial charge is 0.490 e. The van der Waals surface area contributed by atoms with E-state index in [1.54, 1.807) is 18.2 Å². The van der Waals surface area contributed by atoms with E-state index >= 15 is 0 Å². The van der Waals surface area contributed by atoms with Crippen molar-refractivity contribution in [1.82, 2.24) is 4.91 Å². The molecule has 0 saturated carbocycles. The first kappa shape index (κ1) is 10.9. The Bertz CT molecular complexity index is 598. The number of rotatable bonds is 2. The lowest BCUT2D eigenvalue weighted by Crippen LogP contribution is -2.22. The van der Waals surface area contributed by atoms with Crippen LogP contribution in [0, 0.1) is 5.53 Å². The molecule has 0 fully saturated rings. The summed E-state index contributed by atoms with van der Waals surface area (Å²) in [6.45, 7) is 0. The number of ether oxygens (including phenoxy) is 1. The quantitative estimate of drug-likeness (QED) is 0.615. The number of carbonyl (C=O) groups excluding carboxylic acids is 2. The van der Waals surface area contributed by atoms with Crippen molar-refractivity contribution in [2.24, 2.45) is 5.11 Å². The van der Waals surface area contributed by atoms with Crippen molar-refractivity contribution in [3.05, 3.63) is 46.8 Å². The van der Waals surface area contributed by atoms with Gasteiger partial charge in [0.25, 0.3) is 0 Å². The van der Waals surface area contributed by atoms with Crippen LogP contribution in [0.15, 0.2) is 40.8 Å². The van der Waals surface area contributed by atoms with Gasteiger partial charge in [-0.05, 0) is 0 Å². The van der Waals surface area contributed by atoms with E-state index in [1.165, 1.54) is 13.2 Å². The second kappa shape index (κ2) is 4.11. The first-order valence-corrected chi connectivity index (χ1v) is 4.75. The lowest BCUT2D eigenvalue weighted by molar-refractivity contribution is 0.0904. The van der Waals surface area contributed by atoms with E-state index in [-0.39, 0.29) is 22.6 Å². The zero-order valence-electron chi connectivity index (χ0n) is 8.93. The predicted molar refractivity (Wildman–Crippen MR) is 56.4 cm³/mol. The summed E-state index contributed by atoms with van der Waals surface area (Å²) in [6, 6.07) is 6.39. The molecule has 0 radical (unpaired) electrons. The van der Waals surface area contributed by atoms with E-state index in [0.717, 1.165) is 0 Å². The van der Waals surface area contributed by atoms with Crippen molar-refractivity contribution >= 4 is 11.6 Å². The number of Topliss-reactive ketones (excluding diaryl/α,β-unsaturated/α-hetero) is 2. The van der Waals surface area contributed by atoms with Crippen molar-refractivity contribution in [3.63, 3.8) is 0 Å². The molecule has 0 heterocycles. The number of nitrogens with one attached hydrogen (secondary N) is 1. The Morgan fingerprint density at radius 1 is 1.18 bits per heavy atom. The van der Waals surface area contributed by atoms with Crippen molar-refractivity contribution in [2.45, 2.75) is 0 Å². The molecule has 0 saturated heterocycles. The van der Waals surface area contributed by atoms with Crippen LogP contribution in [-0.2, 0) is 4.74 Å². The zero-order chi connectivity index (χ0) is 12.4. The van der Waals surface area contributed by atoms with Gasteiger partial charge in [0.15, 0.2) is 5.11 Å². The van der Waals surface area contributed by atoms with Crippen LogP contribution in [0.25, 0.3) is 0 Å². The fourth-order valence-electron chi connectivity index (χ4n) is 1.67. The third-order valence-electron chi connectivity index (χ3n) is 2.41. The summed E-state index contributed by atoms with van der Waals surface area (Å²) < 4.78 is 4.87. The zero-order valence-corrected chi connectivity index (χ0v) is 8.93. The minimum atomic E-state index is -0.465. The molecule has 0 atom stereocenters. The number of hydrogen-bond donors (Lipinski definition) is 1. The van der Waals surface area contributed by atoms with Crippen molar-refractivity contribution in [1.29, 1.82) is 5.53 Å². The lowest BCUT2D eigenvalue weighted by Gasteiger charge is -2.14. The summed E-state index contributed by atoms with van der Waals surface area (Å²) in [7, 11) is 1.27. The van der Waals surface area contributed by atoms with E-state index in [0.29, 0.717) is 0 Å². The van der Waals surface area contributed by atoms with Crippen molar-refractivity contribution < 1.29 is 14.3 Å². The van der Waals surface area contributed by atoms with E-state index in [2.05, 4.69) is 10.0 Å². The molecule has 1 aliphatic carbocycles. The summed E-state index contributed by atoms with van der Waals surface area (Å²) in [4.78, 5) is 26.8. The molecule has 1 N–H and O–H groups in total. The van der Waals surface area contributed by atoms with E-state index in [4.69, 9.17) is 10.3 Å². The Kier molecular flexibility index (Phi) is 2.64. The molecule has 0 unspecified atom stereocenters. The molecule has 17 heavy (non-hydrogen) atoms. The van der Waals surface area contributed by atoms with Crippen molar-refractivity contribution in [2.75, 3.05) is 7.11 Å². The molecule has 1 aromatic rings. The van der Waals surface area contributed by atoms with Gasteiger partial charge in [0, 0.05) is 11.1 Å². The van der Waals surface area contributed by atoms with Gasteiger partial charge in [-0.15, -0.1) is 0 Å². The smallest absolute Gasteiger partial charge is 0.245 e. The molecule has 0 bridgehead atoms. The second-order valence-electron chi connectivity index (χ2n) is 3.29. The van der Waals surface area contributed by atoms with Crippen LogP contribution >= 0.6 is 0 Å². The Morgan fingerprint density at radius 2 is 1.76 bits per heavy atom. The highest BCUT2D eigenvalue weighted by Gasteiger charge is 2.35. The third kappa shape index (κ3) is 1.56. The van der Waals surface area contributed by atoms with Gasteiger partial charge in [0.05, 0.1) is 7.11 Å². The normalized spacial score (nSPS) is 14.2. The molecule has 1 aliphatic rings. The number of hydrogen-bond acceptors (Lipinski definition) is 5. The van der Waals surface area contributed by atoms with Crippen LogP contribution in [0.1, 0.15) is 20.7 Å². The number of benzene rings is 1. The SMILES string of the molecule is COC1=C(N=[N+]=N)C(=O)c2ccccc2C1=O. The van der Waals surface area contributed by atoms with Gasteiger partial charge < -0.3 is 4.74 Å². The maximum Gasteiger partial charge on any atom is 0.245 e. The summed E-state index contributed by atoms with van der Waals surface area (Å²) in [5.74, 6) is -1.07. The van der Waals surface area contributed by atoms with Crippen LogP contribution < -0.4 is 4.91 Å². The fourth-order valence-corrected chi connectivity index (χ4v) is 1.67. The Morgan fingerprint density at radius 3 is 2.29 bits per heavy atom. The average Bonchev–Trinajstić information content (AvgIpc) is 2.36. The van der Waals surface area contributed by atoms with E-state index in [1.807, 2.05) is 0 Å². The predicted octanol–water partition coefficient (Wildman–Crippen LogP) is 1.47. The fraction of sp³-hybridized carbons (Fsp3) is 0.0909. The third-order valence-corrected chi connectivity index (χ3v) is 2.41. The summed E-state index contributed by atoms with van der Waals surface area (Å²) in [5, 5.41) is 3.34. The summed E-state index contributed by atoms with van der Waals surface area (Å²) in [6.07, 6.45) is 0. The Balaban J connectivity index is 2.72. The summed E-state index contributed by atoms with van der Waals surface area (Å²) >= 11 is 0. The molecular formula is C11H8N3O3+. The van der Waals surface area contributed by atoms with Gasteiger partial charge in [0.2, 0.25) is 27.9 Å². The molecule has 84 valence electrons. The highest BCUT2D eigenvalue weighted by molar-refractivity contribution is 6.25. The maximum absolute atomic E-state index is 12.0. The highest BCUT2D eigenvalue weighted by atomic mass is 16.5. The number of fused-ring (bicyclic) bond motifs is 1. The molecular weight excluding hydrogens is 222 g/mol. The van der Waals surface area contributed by atoms with Crippen LogP contribution in [-0.4, -0.2) is 18.7 Å². The van der Waals surface area contributed by atoms with E-state index in [9.17, 15) is 9.59 Å².